The first-order chi connectivity index (χ1) is 14.0. The number of aromatic nitrogens is 5. The minimum absolute atomic E-state index is 0.195. The highest BCUT2D eigenvalue weighted by atomic mass is 32.1. The van der Waals surface area contributed by atoms with Gasteiger partial charge in [0.1, 0.15) is 10.8 Å². The molecule has 0 radical (unpaired) electrons. The van der Waals surface area contributed by atoms with Crippen molar-refractivity contribution in [1.82, 2.24) is 29.9 Å². The van der Waals surface area contributed by atoms with E-state index in [-0.39, 0.29) is 11.6 Å². The SMILES string of the molecule is Cc1n[nH]c(C)c1CCC(=O)N1CCC(Cc2n[nH]c(=O)n2-c2cccs2)CC1. The van der Waals surface area contributed by atoms with Gasteiger partial charge in [-0.3, -0.25) is 9.89 Å². The van der Waals surface area contributed by atoms with Gasteiger partial charge in [-0.25, -0.2) is 14.5 Å². The molecule has 0 unspecified atom stereocenters. The third kappa shape index (κ3) is 4.19. The number of amides is 1. The van der Waals surface area contributed by atoms with Crippen molar-refractivity contribution in [3.05, 3.63) is 50.8 Å². The number of hydrogen-bond donors (Lipinski definition) is 2. The van der Waals surface area contributed by atoms with Crippen LogP contribution >= 0.6 is 11.3 Å². The lowest BCUT2D eigenvalue weighted by molar-refractivity contribution is -0.132. The van der Waals surface area contributed by atoms with Crippen LogP contribution in [-0.4, -0.2) is 48.9 Å². The van der Waals surface area contributed by atoms with Crippen molar-refractivity contribution >= 4 is 17.2 Å². The number of likely N-dealkylation sites (tertiary alicyclic amines) is 1. The third-order valence-electron chi connectivity index (χ3n) is 5.78. The first-order valence-corrected chi connectivity index (χ1v) is 10.9. The molecule has 1 amide bonds. The summed E-state index contributed by atoms with van der Waals surface area (Å²) in [5.41, 5.74) is 2.98. The maximum atomic E-state index is 12.6. The molecule has 1 aliphatic rings. The number of aryl methyl sites for hydroxylation is 2. The van der Waals surface area contributed by atoms with E-state index >= 15 is 0 Å². The molecule has 4 rings (SSSR count). The molecule has 29 heavy (non-hydrogen) atoms. The van der Waals surface area contributed by atoms with E-state index in [1.165, 1.54) is 11.3 Å². The predicted molar refractivity (Wildman–Crippen MR) is 111 cm³/mol. The summed E-state index contributed by atoms with van der Waals surface area (Å²) in [5.74, 6) is 1.40. The van der Waals surface area contributed by atoms with Crippen molar-refractivity contribution in [1.29, 1.82) is 0 Å². The molecule has 1 saturated heterocycles. The zero-order chi connectivity index (χ0) is 20.4. The van der Waals surface area contributed by atoms with E-state index in [9.17, 15) is 9.59 Å². The number of aromatic amines is 2. The van der Waals surface area contributed by atoms with Gasteiger partial charge in [-0.05, 0) is 62.1 Å². The van der Waals surface area contributed by atoms with Crippen LogP contribution < -0.4 is 5.69 Å². The molecule has 2 N–H and O–H groups in total. The molecular formula is C20H26N6O2S. The standard InChI is InChI=1S/C20H26N6O2S/c1-13-16(14(2)22-21-13)5-6-18(27)25-9-7-15(8-10-25)12-17-23-24-20(28)26(17)19-4-3-11-29-19/h3-4,11,15H,5-10,12H2,1-2H3,(H,21,22)(H,24,28). The molecule has 0 atom stereocenters. The maximum absolute atomic E-state index is 12.6. The second-order valence-corrected chi connectivity index (χ2v) is 8.60. The van der Waals surface area contributed by atoms with Gasteiger partial charge in [-0.1, -0.05) is 0 Å². The number of rotatable bonds is 6. The fourth-order valence-electron chi connectivity index (χ4n) is 4.07. The number of hydrogen-bond acceptors (Lipinski definition) is 5. The Balaban J connectivity index is 1.31. The number of nitrogens with zero attached hydrogens (tertiary/aromatic N) is 4. The minimum atomic E-state index is -0.195. The predicted octanol–water partition coefficient (Wildman–Crippen LogP) is 2.38. The first-order valence-electron chi connectivity index (χ1n) is 10.0. The smallest absolute Gasteiger partial charge is 0.343 e. The van der Waals surface area contributed by atoms with E-state index in [1.807, 2.05) is 36.3 Å². The van der Waals surface area contributed by atoms with Gasteiger partial charge in [0, 0.05) is 31.6 Å². The molecule has 0 saturated carbocycles. The van der Waals surface area contributed by atoms with E-state index in [1.54, 1.807) is 4.57 Å². The van der Waals surface area contributed by atoms with Gasteiger partial charge in [0.2, 0.25) is 5.91 Å². The molecule has 0 spiro atoms. The normalized spacial score (nSPS) is 15.2. The Hall–Kier alpha value is -2.68. The average molecular weight is 415 g/mol. The van der Waals surface area contributed by atoms with Crippen molar-refractivity contribution in [2.24, 2.45) is 5.92 Å². The first kappa shape index (κ1) is 19.6. The quantitative estimate of drug-likeness (QED) is 0.647. The number of thiophene rings is 1. The molecule has 0 bridgehead atoms. The van der Waals surface area contributed by atoms with Gasteiger partial charge >= 0.3 is 5.69 Å². The Bertz CT molecular complexity index is 1000. The molecule has 9 heteroatoms. The van der Waals surface area contributed by atoms with Crippen molar-refractivity contribution < 1.29 is 4.79 Å². The Morgan fingerprint density at radius 3 is 2.69 bits per heavy atom. The zero-order valence-electron chi connectivity index (χ0n) is 16.8. The molecule has 154 valence electrons. The summed E-state index contributed by atoms with van der Waals surface area (Å²) < 4.78 is 1.66. The summed E-state index contributed by atoms with van der Waals surface area (Å²) in [4.78, 5) is 26.7. The summed E-state index contributed by atoms with van der Waals surface area (Å²) in [7, 11) is 0. The van der Waals surface area contributed by atoms with Gasteiger partial charge in [-0.2, -0.15) is 10.2 Å². The monoisotopic (exact) mass is 414 g/mol. The Morgan fingerprint density at radius 1 is 1.24 bits per heavy atom. The lowest BCUT2D eigenvalue weighted by Gasteiger charge is -2.32. The Morgan fingerprint density at radius 2 is 2.03 bits per heavy atom. The number of H-pyrrole nitrogens is 2. The van der Waals surface area contributed by atoms with E-state index in [0.717, 1.165) is 66.5 Å². The molecule has 3 aromatic rings. The Labute approximate surface area is 173 Å². The van der Waals surface area contributed by atoms with E-state index in [4.69, 9.17) is 0 Å². The highest BCUT2D eigenvalue weighted by Crippen LogP contribution is 2.23. The minimum Gasteiger partial charge on any atom is -0.343 e. The number of nitrogens with one attached hydrogen (secondary N) is 2. The van der Waals surface area contributed by atoms with Crippen LogP contribution in [0.5, 0.6) is 0 Å². The summed E-state index contributed by atoms with van der Waals surface area (Å²) in [6.07, 6.45) is 3.85. The molecule has 4 heterocycles. The molecule has 1 fully saturated rings. The fraction of sp³-hybridized carbons (Fsp3) is 0.500. The van der Waals surface area contributed by atoms with Crippen LogP contribution in [0.2, 0.25) is 0 Å². The van der Waals surface area contributed by atoms with E-state index in [2.05, 4.69) is 20.4 Å². The molecule has 1 aliphatic heterocycles. The highest BCUT2D eigenvalue weighted by Gasteiger charge is 2.25. The number of carbonyl (C=O) groups excluding carboxylic acids is 1. The Kier molecular flexibility index (Phi) is 5.66. The van der Waals surface area contributed by atoms with E-state index < -0.39 is 0 Å². The zero-order valence-corrected chi connectivity index (χ0v) is 17.6. The van der Waals surface area contributed by atoms with Crippen molar-refractivity contribution in [2.45, 2.75) is 46.0 Å². The van der Waals surface area contributed by atoms with Gasteiger partial charge < -0.3 is 4.90 Å². The summed E-state index contributed by atoms with van der Waals surface area (Å²) in [6, 6.07) is 3.86. The summed E-state index contributed by atoms with van der Waals surface area (Å²) in [6.45, 7) is 5.50. The molecular weight excluding hydrogens is 388 g/mol. The average Bonchev–Trinajstić information content (AvgIpc) is 3.43. The summed E-state index contributed by atoms with van der Waals surface area (Å²) in [5, 5.41) is 16.8. The lowest BCUT2D eigenvalue weighted by Crippen LogP contribution is -2.39. The van der Waals surface area contributed by atoms with Crippen LogP contribution in [-0.2, 0) is 17.6 Å². The number of carbonyl (C=O) groups is 1. The largest absolute Gasteiger partial charge is 0.348 e. The van der Waals surface area contributed by atoms with E-state index in [0.29, 0.717) is 12.3 Å². The second-order valence-electron chi connectivity index (χ2n) is 7.67. The summed E-state index contributed by atoms with van der Waals surface area (Å²) >= 11 is 1.52. The topological polar surface area (TPSA) is 99.7 Å². The number of piperidine rings is 1. The van der Waals surface area contributed by atoms with Crippen molar-refractivity contribution in [2.75, 3.05) is 13.1 Å². The van der Waals surface area contributed by atoms with Crippen molar-refractivity contribution in [3.63, 3.8) is 0 Å². The van der Waals surface area contributed by atoms with Crippen LogP contribution in [0.15, 0.2) is 22.3 Å². The molecule has 0 aliphatic carbocycles. The lowest BCUT2D eigenvalue weighted by atomic mass is 9.93. The van der Waals surface area contributed by atoms with Crippen LogP contribution in [0.1, 0.15) is 42.0 Å². The molecule has 0 aromatic carbocycles. The maximum Gasteiger partial charge on any atom is 0.348 e. The van der Waals surface area contributed by atoms with Crippen LogP contribution in [0.4, 0.5) is 0 Å². The molecule has 8 nitrogen and oxygen atoms in total. The van der Waals surface area contributed by atoms with Gasteiger partial charge in [0.25, 0.3) is 0 Å². The van der Waals surface area contributed by atoms with Gasteiger partial charge in [-0.15, -0.1) is 11.3 Å². The highest BCUT2D eigenvalue weighted by molar-refractivity contribution is 7.12. The third-order valence-corrected chi connectivity index (χ3v) is 6.63. The van der Waals surface area contributed by atoms with Crippen molar-refractivity contribution in [3.8, 4) is 5.00 Å². The van der Waals surface area contributed by atoms with Crippen LogP contribution in [0.25, 0.3) is 5.00 Å². The fourth-order valence-corrected chi connectivity index (χ4v) is 4.82. The van der Waals surface area contributed by atoms with Gasteiger partial charge in [0.05, 0.1) is 5.69 Å². The van der Waals surface area contributed by atoms with Crippen LogP contribution in [0, 0.1) is 19.8 Å². The second kappa shape index (κ2) is 8.36. The van der Waals surface area contributed by atoms with Gasteiger partial charge in [0.15, 0.2) is 0 Å². The molecule has 3 aromatic heterocycles. The van der Waals surface area contributed by atoms with Crippen LogP contribution in [0.3, 0.4) is 0 Å².